The first kappa shape index (κ1) is 15.8. The minimum atomic E-state index is -3.30. The van der Waals surface area contributed by atoms with E-state index in [0.717, 1.165) is 0 Å². The van der Waals surface area contributed by atoms with E-state index in [9.17, 15) is 8.42 Å². The van der Waals surface area contributed by atoms with Gasteiger partial charge in [-0.15, -0.1) is 0 Å². The Morgan fingerprint density at radius 1 is 1.22 bits per heavy atom. The Kier molecular flexibility index (Phi) is 5.93. The molecule has 0 bridgehead atoms. The molecule has 0 atom stereocenters. The van der Waals surface area contributed by atoms with Crippen molar-refractivity contribution in [2.24, 2.45) is 5.73 Å². The molecule has 0 unspecified atom stereocenters. The van der Waals surface area contributed by atoms with Crippen LogP contribution in [0.2, 0.25) is 0 Å². The summed E-state index contributed by atoms with van der Waals surface area (Å²) in [5.41, 5.74) is 5.48. The van der Waals surface area contributed by atoms with Crippen molar-refractivity contribution in [2.75, 3.05) is 45.8 Å². The zero-order chi connectivity index (χ0) is 13.8. The minimum Gasteiger partial charge on any atom is -0.392 e. The molecular formula is C10H22N4O2S2. The zero-order valence-electron chi connectivity index (χ0n) is 11.0. The van der Waals surface area contributed by atoms with Gasteiger partial charge in [-0.25, -0.2) is 0 Å². The second-order valence-electron chi connectivity index (χ2n) is 4.23. The van der Waals surface area contributed by atoms with Crippen LogP contribution in [0, 0.1) is 0 Å². The molecule has 1 heterocycles. The van der Waals surface area contributed by atoms with Crippen molar-refractivity contribution < 1.29 is 8.42 Å². The van der Waals surface area contributed by atoms with Crippen molar-refractivity contribution in [3.63, 3.8) is 0 Å². The molecule has 1 aliphatic heterocycles. The van der Waals surface area contributed by atoms with Crippen molar-refractivity contribution in [1.82, 2.24) is 13.5 Å². The average molecular weight is 294 g/mol. The lowest BCUT2D eigenvalue weighted by Crippen LogP contribution is -2.53. The summed E-state index contributed by atoms with van der Waals surface area (Å²) in [5, 5.41) is 0. The SMILES string of the molecule is CCN(CC)S(=O)(=O)N1CCN(CC(N)=S)CC1. The van der Waals surface area contributed by atoms with Gasteiger partial charge in [0.25, 0.3) is 10.2 Å². The predicted molar refractivity (Wildman–Crippen MR) is 76.6 cm³/mol. The molecule has 0 amide bonds. The Balaban J connectivity index is 2.59. The predicted octanol–water partition coefficient (Wildman–Crippen LogP) is -0.523. The summed E-state index contributed by atoms with van der Waals surface area (Å²) >= 11 is 4.85. The molecule has 1 fully saturated rings. The van der Waals surface area contributed by atoms with Crippen molar-refractivity contribution in [1.29, 1.82) is 0 Å². The van der Waals surface area contributed by atoms with Crippen LogP contribution >= 0.6 is 12.2 Å². The zero-order valence-corrected chi connectivity index (χ0v) is 12.6. The fraction of sp³-hybridized carbons (Fsp3) is 0.900. The summed E-state index contributed by atoms with van der Waals surface area (Å²) in [6, 6.07) is 0. The van der Waals surface area contributed by atoms with Crippen LogP contribution in [0.15, 0.2) is 0 Å². The molecule has 0 saturated carbocycles. The van der Waals surface area contributed by atoms with Crippen LogP contribution < -0.4 is 5.73 Å². The van der Waals surface area contributed by atoms with Gasteiger partial charge in [0.15, 0.2) is 0 Å². The van der Waals surface area contributed by atoms with Crippen molar-refractivity contribution in [3.05, 3.63) is 0 Å². The van der Waals surface area contributed by atoms with E-state index in [2.05, 4.69) is 4.90 Å². The third kappa shape index (κ3) is 3.86. The van der Waals surface area contributed by atoms with Gasteiger partial charge in [-0.05, 0) is 0 Å². The summed E-state index contributed by atoms with van der Waals surface area (Å²) in [6.45, 7) is 7.64. The molecule has 2 N–H and O–H groups in total. The van der Waals surface area contributed by atoms with Crippen molar-refractivity contribution in [3.8, 4) is 0 Å². The summed E-state index contributed by atoms with van der Waals surface area (Å²) in [4.78, 5) is 2.53. The number of hydrogen-bond donors (Lipinski definition) is 1. The molecule has 0 aromatic heterocycles. The molecule has 18 heavy (non-hydrogen) atoms. The smallest absolute Gasteiger partial charge is 0.282 e. The van der Waals surface area contributed by atoms with Gasteiger partial charge in [0.1, 0.15) is 0 Å². The van der Waals surface area contributed by atoms with Crippen molar-refractivity contribution in [2.45, 2.75) is 13.8 Å². The Morgan fingerprint density at radius 3 is 2.11 bits per heavy atom. The highest BCUT2D eigenvalue weighted by Crippen LogP contribution is 2.11. The van der Waals surface area contributed by atoms with Crippen molar-refractivity contribution >= 4 is 27.4 Å². The number of thiocarbonyl (C=S) groups is 1. The lowest BCUT2D eigenvalue weighted by molar-refractivity contribution is 0.201. The normalized spacial score (nSPS) is 19.3. The quantitative estimate of drug-likeness (QED) is 0.667. The summed E-state index contributed by atoms with van der Waals surface area (Å²) in [7, 11) is -3.30. The van der Waals surface area contributed by atoms with Gasteiger partial charge in [0, 0.05) is 45.8 Å². The Hall–Kier alpha value is -0.280. The molecule has 0 aromatic carbocycles. The highest BCUT2D eigenvalue weighted by molar-refractivity contribution is 7.86. The topological polar surface area (TPSA) is 69.9 Å². The monoisotopic (exact) mass is 294 g/mol. The highest BCUT2D eigenvalue weighted by Gasteiger charge is 2.30. The average Bonchev–Trinajstić information content (AvgIpc) is 2.30. The van der Waals surface area contributed by atoms with Gasteiger partial charge >= 0.3 is 0 Å². The Morgan fingerprint density at radius 2 is 1.72 bits per heavy atom. The lowest BCUT2D eigenvalue weighted by Gasteiger charge is -2.36. The van der Waals surface area contributed by atoms with Crippen LogP contribution in [0.5, 0.6) is 0 Å². The van der Waals surface area contributed by atoms with Crippen LogP contribution in [-0.4, -0.2) is 72.7 Å². The fourth-order valence-corrected chi connectivity index (χ4v) is 3.84. The van der Waals surface area contributed by atoms with E-state index >= 15 is 0 Å². The first-order valence-electron chi connectivity index (χ1n) is 6.17. The van der Waals surface area contributed by atoms with Crippen LogP contribution in [-0.2, 0) is 10.2 Å². The molecule has 0 radical (unpaired) electrons. The summed E-state index contributed by atoms with van der Waals surface area (Å²) in [6.07, 6.45) is 0. The van der Waals surface area contributed by atoms with Gasteiger partial charge in [0.2, 0.25) is 0 Å². The standard InChI is InChI=1S/C10H22N4O2S2/c1-3-13(4-2)18(15,16)14-7-5-12(6-8-14)9-10(11)17/h3-9H2,1-2H3,(H2,11,17). The van der Waals surface area contributed by atoms with E-state index in [-0.39, 0.29) is 0 Å². The van der Waals surface area contributed by atoms with Gasteiger partial charge in [-0.2, -0.15) is 17.0 Å². The Bertz CT molecular complexity index is 373. The van der Waals surface area contributed by atoms with E-state index in [0.29, 0.717) is 50.8 Å². The first-order chi connectivity index (χ1) is 8.41. The van der Waals surface area contributed by atoms with Gasteiger partial charge < -0.3 is 5.73 Å². The molecule has 6 nitrogen and oxygen atoms in total. The second kappa shape index (κ2) is 6.76. The molecule has 1 saturated heterocycles. The van der Waals surface area contributed by atoms with Crippen LogP contribution in [0.25, 0.3) is 0 Å². The van der Waals surface area contributed by atoms with E-state index in [1.807, 2.05) is 13.8 Å². The van der Waals surface area contributed by atoms with Gasteiger partial charge in [-0.1, -0.05) is 26.1 Å². The Labute approximate surface area is 115 Å². The van der Waals surface area contributed by atoms with Crippen LogP contribution in [0.1, 0.15) is 13.8 Å². The molecule has 0 aliphatic carbocycles. The lowest BCUT2D eigenvalue weighted by atomic mass is 10.3. The molecular weight excluding hydrogens is 272 g/mol. The van der Waals surface area contributed by atoms with E-state index in [1.165, 1.54) is 8.61 Å². The minimum absolute atomic E-state index is 0.454. The number of hydrogen-bond acceptors (Lipinski definition) is 4. The second-order valence-corrected chi connectivity index (χ2v) is 6.69. The number of nitrogens with zero attached hydrogens (tertiary/aromatic N) is 3. The maximum Gasteiger partial charge on any atom is 0.282 e. The number of rotatable bonds is 6. The molecule has 8 heteroatoms. The first-order valence-corrected chi connectivity index (χ1v) is 7.98. The number of piperazine rings is 1. The van der Waals surface area contributed by atoms with Gasteiger partial charge in [-0.3, -0.25) is 4.90 Å². The summed E-state index contributed by atoms with van der Waals surface area (Å²) < 4.78 is 27.5. The molecule has 0 spiro atoms. The fourth-order valence-electron chi connectivity index (χ4n) is 2.05. The van der Waals surface area contributed by atoms with Gasteiger partial charge in [0.05, 0.1) is 4.99 Å². The third-order valence-corrected chi connectivity index (χ3v) is 5.38. The number of nitrogens with two attached hydrogens (primary N) is 1. The third-order valence-electron chi connectivity index (χ3n) is 3.07. The maximum atomic E-state index is 12.3. The highest BCUT2D eigenvalue weighted by atomic mass is 32.2. The maximum absolute atomic E-state index is 12.3. The summed E-state index contributed by atoms with van der Waals surface area (Å²) in [5.74, 6) is 0. The van der Waals surface area contributed by atoms with E-state index < -0.39 is 10.2 Å². The molecule has 1 rings (SSSR count). The van der Waals surface area contributed by atoms with Crippen LogP contribution in [0.3, 0.4) is 0 Å². The van der Waals surface area contributed by atoms with E-state index in [1.54, 1.807) is 0 Å². The van der Waals surface area contributed by atoms with Crippen LogP contribution in [0.4, 0.5) is 0 Å². The molecule has 106 valence electrons. The molecule has 0 aromatic rings. The largest absolute Gasteiger partial charge is 0.392 e. The van der Waals surface area contributed by atoms with E-state index in [4.69, 9.17) is 18.0 Å². The molecule has 1 aliphatic rings.